The molecule has 0 aliphatic heterocycles. The highest BCUT2D eigenvalue weighted by molar-refractivity contribution is 5.93. The van der Waals surface area contributed by atoms with Crippen molar-refractivity contribution in [3.8, 4) is 0 Å². The van der Waals surface area contributed by atoms with E-state index < -0.39 is 0 Å². The quantitative estimate of drug-likeness (QED) is 0.612. The first-order chi connectivity index (χ1) is 9.16. The van der Waals surface area contributed by atoms with Gasteiger partial charge in [0.15, 0.2) is 0 Å². The van der Waals surface area contributed by atoms with Gasteiger partial charge in [-0.3, -0.25) is 4.79 Å². The highest BCUT2D eigenvalue weighted by atomic mass is 16.5. The molecule has 0 bridgehead atoms. The van der Waals surface area contributed by atoms with E-state index in [-0.39, 0.29) is 12.5 Å². The van der Waals surface area contributed by atoms with Crippen molar-refractivity contribution in [1.29, 1.82) is 0 Å². The van der Waals surface area contributed by atoms with Crippen LogP contribution < -0.4 is 11.1 Å². The molecular formula is C15H22N2O2. The molecule has 4 heteroatoms. The molecule has 0 unspecified atom stereocenters. The van der Waals surface area contributed by atoms with E-state index in [1.54, 1.807) is 0 Å². The number of amides is 1. The Bertz CT molecular complexity index is 442. The SMILES string of the molecule is Cc1c(N)cccc1NC(=O)COCCC1CCC1. The van der Waals surface area contributed by atoms with Gasteiger partial charge in [-0.05, 0) is 37.0 Å². The number of carbonyl (C=O) groups is 1. The molecule has 0 spiro atoms. The van der Waals surface area contributed by atoms with Crippen molar-refractivity contribution >= 4 is 17.3 Å². The highest BCUT2D eigenvalue weighted by Gasteiger charge is 2.16. The van der Waals surface area contributed by atoms with E-state index in [0.717, 1.165) is 23.6 Å². The highest BCUT2D eigenvalue weighted by Crippen LogP contribution is 2.29. The lowest BCUT2D eigenvalue weighted by Gasteiger charge is -2.24. The van der Waals surface area contributed by atoms with Gasteiger partial charge in [-0.15, -0.1) is 0 Å². The number of rotatable bonds is 6. The Morgan fingerprint density at radius 1 is 1.47 bits per heavy atom. The number of carbonyl (C=O) groups excluding carboxylic acids is 1. The fourth-order valence-corrected chi connectivity index (χ4v) is 2.17. The molecule has 1 aliphatic carbocycles. The van der Waals surface area contributed by atoms with Crippen molar-refractivity contribution in [3.63, 3.8) is 0 Å². The van der Waals surface area contributed by atoms with Gasteiger partial charge < -0.3 is 15.8 Å². The minimum atomic E-state index is -0.123. The van der Waals surface area contributed by atoms with Crippen molar-refractivity contribution in [2.24, 2.45) is 5.92 Å². The van der Waals surface area contributed by atoms with Gasteiger partial charge in [0, 0.05) is 18.0 Å². The van der Waals surface area contributed by atoms with Gasteiger partial charge in [0.1, 0.15) is 6.61 Å². The number of ether oxygens (including phenoxy) is 1. The van der Waals surface area contributed by atoms with Crippen molar-refractivity contribution in [2.75, 3.05) is 24.3 Å². The van der Waals surface area contributed by atoms with E-state index >= 15 is 0 Å². The standard InChI is InChI=1S/C15H22N2O2/c1-11-13(16)6-3-7-14(11)17-15(18)10-19-9-8-12-4-2-5-12/h3,6-7,12H,2,4-5,8-10,16H2,1H3,(H,17,18). The predicted molar refractivity (Wildman–Crippen MR) is 77.0 cm³/mol. The Morgan fingerprint density at radius 2 is 2.26 bits per heavy atom. The molecule has 1 saturated carbocycles. The molecule has 3 N–H and O–H groups in total. The van der Waals surface area contributed by atoms with Gasteiger partial charge in [0.05, 0.1) is 0 Å². The summed E-state index contributed by atoms with van der Waals surface area (Å²) in [7, 11) is 0. The van der Waals surface area contributed by atoms with E-state index in [2.05, 4.69) is 5.32 Å². The van der Waals surface area contributed by atoms with Crippen molar-refractivity contribution < 1.29 is 9.53 Å². The summed E-state index contributed by atoms with van der Waals surface area (Å²) in [5.41, 5.74) is 8.13. The van der Waals surface area contributed by atoms with E-state index in [4.69, 9.17) is 10.5 Å². The lowest BCUT2D eigenvalue weighted by molar-refractivity contribution is -0.120. The van der Waals surface area contributed by atoms with Crippen LogP contribution in [0.15, 0.2) is 18.2 Å². The van der Waals surface area contributed by atoms with Crippen LogP contribution in [0.3, 0.4) is 0 Å². The predicted octanol–water partition coefficient (Wildman–Crippen LogP) is 2.72. The van der Waals surface area contributed by atoms with Gasteiger partial charge in [-0.2, -0.15) is 0 Å². The van der Waals surface area contributed by atoms with Crippen LogP contribution >= 0.6 is 0 Å². The molecule has 1 amide bonds. The summed E-state index contributed by atoms with van der Waals surface area (Å²) in [6.07, 6.45) is 5.06. The van der Waals surface area contributed by atoms with Crippen LogP contribution in [-0.2, 0) is 9.53 Å². The Kier molecular flexibility index (Phi) is 4.80. The maximum atomic E-state index is 11.7. The third-order valence-corrected chi connectivity index (χ3v) is 3.78. The summed E-state index contributed by atoms with van der Waals surface area (Å²) in [6, 6.07) is 5.49. The van der Waals surface area contributed by atoms with Crippen molar-refractivity contribution in [3.05, 3.63) is 23.8 Å². The summed E-state index contributed by atoms with van der Waals surface area (Å²) < 4.78 is 5.40. The third kappa shape index (κ3) is 3.96. The maximum Gasteiger partial charge on any atom is 0.250 e. The van der Waals surface area contributed by atoms with Crippen LogP contribution in [-0.4, -0.2) is 19.1 Å². The fraction of sp³-hybridized carbons (Fsp3) is 0.533. The second kappa shape index (κ2) is 6.57. The van der Waals surface area contributed by atoms with Crippen LogP contribution in [0.1, 0.15) is 31.2 Å². The van der Waals surface area contributed by atoms with Crippen LogP contribution in [0, 0.1) is 12.8 Å². The fourth-order valence-electron chi connectivity index (χ4n) is 2.17. The average Bonchev–Trinajstić information content (AvgIpc) is 2.32. The van der Waals surface area contributed by atoms with E-state index in [1.807, 2.05) is 25.1 Å². The Labute approximate surface area is 114 Å². The molecule has 1 aliphatic rings. The van der Waals surface area contributed by atoms with E-state index in [0.29, 0.717) is 12.3 Å². The number of nitrogen functional groups attached to an aromatic ring is 1. The number of anilines is 2. The summed E-state index contributed by atoms with van der Waals surface area (Å²) in [4.78, 5) is 11.7. The zero-order chi connectivity index (χ0) is 13.7. The van der Waals surface area contributed by atoms with Crippen molar-refractivity contribution in [1.82, 2.24) is 0 Å². The number of nitrogens with one attached hydrogen (secondary N) is 1. The van der Waals surface area contributed by atoms with Crippen LogP contribution in [0.2, 0.25) is 0 Å². The monoisotopic (exact) mass is 262 g/mol. The van der Waals surface area contributed by atoms with Gasteiger partial charge in [0.2, 0.25) is 5.91 Å². The average molecular weight is 262 g/mol. The third-order valence-electron chi connectivity index (χ3n) is 3.78. The molecule has 0 saturated heterocycles. The Balaban J connectivity index is 1.69. The Morgan fingerprint density at radius 3 is 2.95 bits per heavy atom. The molecule has 0 atom stereocenters. The van der Waals surface area contributed by atoms with Crippen molar-refractivity contribution in [2.45, 2.75) is 32.6 Å². The molecule has 0 radical (unpaired) electrons. The molecule has 19 heavy (non-hydrogen) atoms. The van der Waals surface area contributed by atoms with E-state index in [9.17, 15) is 4.79 Å². The number of hydrogen-bond acceptors (Lipinski definition) is 3. The van der Waals surface area contributed by atoms with Crippen LogP contribution in [0.4, 0.5) is 11.4 Å². The summed E-state index contributed by atoms with van der Waals surface area (Å²) >= 11 is 0. The number of benzene rings is 1. The molecule has 104 valence electrons. The van der Waals surface area contributed by atoms with Gasteiger partial charge >= 0.3 is 0 Å². The van der Waals surface area contributed by atoms with Gasteiger partial charge in [0.25, 0.3) is 0 Å². The molecule has 1 fully saturated rings. The molecule has 1 aromatic carbocycles. The maximum absolute atomic E-state index is 11.7. The van der Waals surface area contributed by atoms with E-state index in [1.165, 1.54) is 19.3 Å². The zero-order valence-corrected chi connectivity index (χ0v) is 11.4. The molecular weight excluding hydrogens is 240 g/mol. The molecule has 2 rings (SSSR count). The smallest absolute Gasteiger partial charge is 0.250 e. The minimum absolute atomic E-state index is 0.112. The Hall–Kier alpha value is -1.55. The zero-order valence-electron chi connectivity index (χ0n) is 11.4. The lowest BCUT2D eigenvalue weighted by atomic mass is 9.83. The number of hydrogen-bond donors (Lipinski definition) is 2. The summed E-state index contributed by atoms with van der Waals surface area (Å²) in [5, 5.41) is 2.82. The van der Waals surface area contributed by atoms with Crippen LogP contribution in [0.5, 0.6) is 0 Å². The van der Waals surface area contributed by atoms with Gasteiger partial charge in [-0.25, -0.2) is 0 Å². The first-order valence-corrected chi connectivity index (χ1v) is 6.89. The first-order valence-electron chi connectivity index (χ1n) is 6.89. The molecule has 0 aromatic heterocycles. The molecule has 0 heterocycles. The molecule has 1 aromatic rings. The minimum Gasteiger partial charge on any atom is -0.398 e. The molecule has 4 nitrogen and oxygen atoms in total. The summed E-state index contributed by atoms with van der Waals surface area (Å²) in [5.74, 6) is 0.696. The lowest BCUT2D eigenvalue weighted by Crippen LogP contribution is -2.21. The van der Waals surface area contributed by atoms with Crippen LogP contribution in [0.25, 0.3) is 0 Å². The summed E-state index contributed by atoms with van der Waals surface area (Å²) in [6.45, 7) is 2.68. The first kappa shape index (κ1) is 13.9. The largest absolute Gasteiger partial charge is 0.398 e. The topological polar surface area (TPSA) is 64.3 Å². The number of nitrogens with two attached hydrogens (primary N) is 1. The van der Waals surface area contributed by atoms with Gasteiger partial charge in [-0.1, -0.05) is 25.3 Å². The second-order valence-corrected chi connectivity index (χ2v) is 5.21. The second-order valence-electron chi connectivity index (χ2n) is 5.21. The normalized spacial score (nSPS) is 15.0.